The number of rotatable bonds is 4. The average Bonchev–Trinajstić information content (AvgIpc) is 2.93. The summed E-state index contributed by atoms with van der Waals surface area (Å²) in [4.78, 5) is 16.2. The quantitative estimate of drug-likeness (QED) is 0.826. The topological polar surface area (TPSA) is 88.2 Å². The van der Waals surface area contributed by atoms with Crippen molar-refractivity contribution in [1.29, 1.82) is 0 Å². The van der Waals surface area contributed by atoms with Gasteiger partial charge in [0.2, 0.25) is 0 Å². The molecule has 1 aliphatic rings. The molecule has 2 heterocycles. The Morgan fingerprint density at radius 1 is 1.11 bits per heavy atom. The highest BCUT2D eigenvalue weighted by Crippen LogP contribution is 2.30. The SMILES string of the molecule is O=C(NC1CCS(=O)(=O)C1)c1cncc(Nc2ccc(C(F)(F)F)cc2)c1. The number of sulfone groups is 1. The zero-order valence-corrected chi connectivity index (χ0v) is 14.8. The van der Waals surface area contributed by atoms with E-state index < -0.39 is 33.5 Å². The van der Waals surface area contributed by atoms with E-state index in [1.165, 1.54) is 30.6 Å². The van der Waals surface area contributed by atoms with Gasteiger partial charge in [-0.25, -0.2) is 8.42 Å². The van der Waals surface area contributed by atoms with Crippen LogP contribution in [-0.4, -0.2) is 36.9 Å². The first-order valence-electron chi connectivity index (χ1n) is 8.03. The molecule has 0 aliphatic carbocycles. The van der Waals surface area contributed by atoms with Crippen LogP contribution in [0.25, 0.3) is 0 Å². The third kappa shape index (κ3) is 4.97. The molecule has 1 atom stereocenters. The van der Waals surface area contributed by atoms with Crippen molar-refractivity contribution in [3.8, 4) is 0 Å². The number of pyridine rings is 1. The molecule has 0 bridgehead atoms. The minimum atomic E-state index is -4.41. The molecular formula is C17H16F3N3O3S. The number of carbonyl (C=O) groups excluding carboxylic acids is 1. The van der Waals surface area contributed by atoms with Crippen LogP contribution in [-0.2, 0) is 16.0 Å². The molecule has 1 amide bonds. The molecule has 1 aliphatic heterocycles. The van der Waals surface area contributed by atoms with Gasteiger partial charge in [-0.15, -0.1) is 0 Å². The van der Waals surface area contributed by atoms with E-state index >= 15 is 0 Å². The van der Waals surface area contributed by atoms with Crippen molar-refractivity contribution < 1.29 is 26.4 Å². The van der Waals surface area contributed by atoms with E-state index in [4.69, 9.17) is 0 Å². The second-order valence-corrected chi connectivity index (χ2v) is 8.46. The molecule has 6 nitrogen and oxygen atoms in total. The third-order valence-corrected chi connectivity index (χ3v) is 5.84. The van der Waals surface area contributed by atoms with E-state index in [0.29, 0.717) is 17.8 Å². The lowest BCUT2D eigenvalue weighted by Crippen LogP contribution is -2.35. The number of benzene rings is 1. The molecule has 27 heavy (non-hydrogen) atoms. The van der Waals surface area contributed by atoms with Gasteiger partial charge in [-0.05, 0) is 36.8 Å². The molecule has 1 fully saturated rings. The second-order valence-electron chi connectivity index (χ2n) is 6.24. The lowest BCUT2D eigenvalue weighted by atomic mass is 10.2. The molecule has 2 N–H and O–H groups in total. The highest BCUT2D eigenvalue weighted by molar-refractivity contribution is 7.91. The Hall–Kier alpha value is -2.62. The van der Waals surface area contributed by atoms with Gasteiger partial charge in [-0.1, -0.05) is 0 Å². The third-order valence-electron chi connectivity index (χ3n) is 4.07. The Balaban J connectivity index is 1.67. The molecule has 10 heteroatoms. The molecule has 0 radical (unpaired) electrons. The van der Waals surface area contributed by atoms with Crippen LogP contribution in [0.1, 0.15) is 22.3 Å². The summed E-state index contributed by atoms with van der Waals surface area (Å²) in [6.07, 6.45) is -1.29. The van der Waals surface area contributed by atoms with Crippen LogP contribution in [0.15, 0.2) is 42.7 Å². The smallest absolute Gasteiger partial charge is 0.354 e. The molecule has 144 valence electrons. The number of hydrogen-bond acceptors (Lipinski definition) is 5. The number of halogens is 3. The number of anilines is 2. The van der Waals surface area contributed by atoms with Crippen molar-refractivity contribution in [1.82, 2.24) is 10.3 Å². The number of amides is 1. The van der Waals surface area contributed by atoms with Crippen molar-refractivity contribution in [2.45, 2.75) is 18.6 Å². The summed E-state index contributed by atoms with van der Waals surface area (Å²) < 4.78 is 60.7. The van der Waals surface area contributed by atoms with Crippen LogP contribution >= 0.6 is 0 Å². The van der Waals surface area contributed by atoms with Gasteiger partial charge >= 0.3 is 6.18 Å². The highest BCUT2D eigenvalue weighted by atomic mass is 32.2. The fraction of sp³-hybridized carbons (Fsp3) is 0.294. The fourth-order valence-electron chi connectivity index (χ4n) is 2.72. The lowest BCUT2D eigenvalue weighted by molar-refractivity contribution is -0.137. The van der Waals surface area contributed by atoms with Gasteiger partial charge < -0.3 is 10.6 Å². The second kappa shape index (κ2) is 7.18. The van der Waals surface area contributed by atoms with Gasteiger partial charge in [0.25, 0.3) is 5.91 Å². The summed E-state index contributed by atoms with van der Waals surface area (Å²) in [5, 5.41) is 5.53. The number of aromatic nitrogens is 1. The summed E-state index contributed by atoms with van der Waals surface area (Å²) in [7, 11) is -3.11. The standard InChI is InChI=1S/C17H16F3N3O3S/c18-17(19,20)12-1-3-13(4-2-12)22-15-7-11(8-21-9-15)16(24)23-14-5-6-27(25,26)10-14/h1-4,7-9,14,22H,5-6,10H2,(H,23,24). The van der Waals surface area contributed by atoms with E-state index in [1.807, 2.05) is 0 Å². The van der Waals surface area contributed by atoms with Crippen molar-refractivity contribution in [3.05, 3.63) is 53.9 Å². The minimum absolute atomic E-state index is 0.0473. The molecule has 2 aromatic rings. The average molecular weight is 399 g/mol. The predicted molar refractivity (Wildman–Crippen MR) is 93.5 cm³/mol. The van der Waals surface area contributed by atoms with Crippen LogP contribution in [0.5, 0.6) is 0 Å². The largest absolute Gasteiger partial charge is 0.416 e. The van der Waals surface area contributed by atoms with Crippen molar-refractivity contribution in [3.63, 3.8) is 0 Å². The van der Waals surface area contributed by atoms with Crippen molar-refractivity contribution in [2.75, 3.05) is 16.8 Å². The van der Waals surface area contributed by atoms with Crippen LogP contribution in [0.3, 0.4) is 0 Å². The van der Waals surface area contributed by atoms with Gasteiger partial charge in [0.05, 0.1) is 34.5 Å². The Kier molecular flexibility index (Phi) is 5.09. The monoisotopic (exact) mass is 399 g/mol. The number of nitrogens with zero attached hydrogens (tertiary/aromatic N) is 1. The van der Waals surface area contributed by atoms with E-state index in [0.717, 1.165) is 12.1 Å². The molecule has 0 spiro atoms. The first-order chi connectivity index (χ1) is 12.6. The number of hydrogen-bond donors (Lipinski definition) is 2. The first kappa shape index (κ1) is 19.2. The molecule has 1 unspecified atom stereocenters. The maximum atomic E-state index is 12.6. The molecule has 1 aromatic heterocycles. The van der Waals surface area contributed by atoms with Crippen LogP contribution < -0.4 is 10.6 Å². The summed E-state index contributed by atoms with van der Waals surface area (Å²) in [6, 6.07) is 5.51. The van der Waals surface area contributed by atoms with Crippen LogP contribution in [0.2, 0.25) is 0 Å². The summed E-state index contributed by atoms with van der Waals surface area (Å²) in [5.41, 5.74) is 0.285. The summed E-state index contributed by atoms with van der Waals surface area (Å²) in [5.74, 6) is -0.498. The van der Waals surface area contributed by atoms with E-state index in [2.05, 4.69) is 15.6 Å². The van der Waals surface area contributed by atoms with E-state index in [9.17, 15) is 26.4 Å². The molecule has 3 rings (SSSR count). The van der Waals surface area contributed by atoms with Crippen LogP contribution in [0, 0.1) is 0 Å². The van der Waals surface area contributed by atoms with Crippen LogP contribution in [0.4, 0.5) is 24.5 Å². The van der Waals surface area contributed by atoms with Gasteiger partial charge in [0.15, 0.2) is 9.84 Å². The Morgan fingerprint density at radius 2 is 1.81 bits per heavy atom. The lowest BCUT2D eigenvalue weighted by Gasteiger charge is -2.12. The van der Waals surface area contributed by atoms with Gasteiger partial charge in [0, 0.05) is 17.9 Å². The fourth-order valence-corrected chi connectivity index (χ4v) is 4.39. The Bertz CT molecular complexity index is 944. The zero-order valence-electron chi connectivity index (χ0n) is 14.0. The first-order valence-corrected chi connectivity index (χ1v) is 9.85. The zero-order chi connectivity index (χ0) is 19.7. The van der Waals surface area contributed by atoms with Gasteiger partial charge in [-0.3, -0.25) is 9.78 Å². The Labute approximate surface area is 153 Å². The number of nitrogens with one attached hydrogen (secondary N) is 2. The van der Waals surface area contributed by atoms with Gasteiger partial charge in [-0.2, -0.15) is 13.2 Å². The van der Waals surface area contributed by atoms with E-state index in [1.54, 1.807) is 0 Å². The van der Waals surface area contributed by atoms with Crippen molar-refractivity contribution >= 4 is 27.1 Å². The summed E-state index contributed by atoms with van der Waals surface area (Å²) >= 11 is 0. The van der Waals surface area contributed by atoms with E-state index in [-0.39, 0.29) is 17.1 Å². The maximum absolute atomic E-state index is 12.6. The molecule has 1 saturated heterocycles. The normalized spacial score (nSPS) is 18.9. The number of carbonyl (C=O) groups is 1. The summed E-state index contributed by atoms with van der Waals surface area (Å²) in [6.45, 7) is 0. The maximum Gasteiger partial charge on any atom is 0.416 e. The Morgan fingerprint density at radius 3 is 2.41 bits per heavy atom. The molecular weight excluding hydrogens is 383 g/mol. The molecule has 0 saturated carbocycles. The minimum Gasteiger partial charge on any atom is -0.354 e. The number of alkyl halides is 3. The molecule has 1 aromatic carbocycles. The highest BCUT2D eigenvalue weighted by Gasteiger charge is 2.30. The van der Waals surface area contributed by atoms with Crippen molar-refractivity contribution in [2.24, 2.45) is 0 Å². The predicted octanol–water partition coefficient (Wildman–Crippen LogP) is 2.76. The van der Waals surface area contributed by atoms with Gasteiger partial charge in [0.1, 0.15) is 0 Å².